The van der Waals surface area contributed by atoms with E-state index in [4.69, 9.17) is 16.3 Å². The van der Waals surface area contributed by atoms with Crippen molar-refractivity contribution in [2.75, 3.05) is 27.2 Å². The van der Waals surface area contributed by atoms with Gasteiger partial charge >= 0.3 is 5.97 Å². The number of ether oxygens (including phenoxy) is 1. The summed E-state index contributed by atoms with van der Waals surface area (Å²) in [4.78, 5) is 11.8. The van der Waals surface area contributed by atoms with Crippen molar-refractivity contribution in [2.45, 2.75) is 13.5 Å². The third kappa shape index (κ3) is 6.99. The second kappa shape index (κ2) is 7.31. The van der Waals surface area contributed by atoms with Crippen LogP contribution in [0.4, 0.5) is 0 Å². The predicted molar refractivity (Wildman–Crippen MR) is 77.7 cm³/mol. The molecule has 4 heteroatoms. The van der Waals surface area contributed by atoms with Crippen molar-refractivity contribution in [1.82, 2.24) is 0 Å². The Morgan fingerprint density at radius 3 is 2.53 bits per heavy atom. The lowest BCUT2D eigenvalue weighted by Gasteiger charge is -2.27. The van der Waals surface area contributed by atoms with Crippen molar-refractivity contribution >= 4 is 17.6 Å². The highest BCUT2D eigenvalue weighted by Crippen LogP contribution is 2.05. The van der Waals surface area contributed by atoms with Crippen LogP contribution in [0.5, 0.6) is 0 Å². The Balaban J connectivity index is 2.40. The first-order valence-electron chi connectivity index (χ1n) is 6.23. The van der Waals surface area contributed by atoms with Gasteiger partial charge in [-0.05, 0) is 18.6 Å². The van der Waals surface area contributed by atoms with Crippen LogP contribution in [0.2, 0.25) is 0 Å². The molecule has 0 aliphatic rings. The van der Waals surface area contributed by atoms with Crippen molar-refractivity contribution < 1.29 is 14.0 Å². The van der Waals surface area contributed by atoms with E-state index in [1.165, 1.54) is 0 Å². The minimum Gasteiger partial charge on any atom is -0.457 e. The van der Waals surface area contributed by atoms with Crippen LogP contribution in [0, 0.1) is 0 Å². The zero-order valence-corrected chi connectivity index (χ0v) is 12.5. The zero-order chi connectivity index (χ0) is 14.3. The van der Waals surface area contributed by atoms with Gasteiger partial charge in [0.1, 0.15) is 6.61 Å². The molecule has 0 aliphatic carbocycles. The molecular formula is C15H21ClNO2+. The Kier molecular flexibility index (Phi) is 6.06. The van der Waals surface area contributed by atoms with E-state index in [2.05, 4.69) is 0 Å². The highest BCUT2D eigenvalue weighted by molar-refractivity contribution is 6.29. The van der Waals surface area contributed by atoms with E-state index in [0.29, 0.717) is 24.2 Å². The molecule has 0 saturated heterocycles. The second-order valence-corrected chi connectivity index (χ2v) is 5.81. The average Bonchev–Trinajstić information content (AvgIpc) is 2.35. The quantitative estimate of drug-likeness (QED) is 0.592. The van der Waals surface area contributed by atoms with E-state index >= 15 is 0 Å². The summed E-state index contributed by atoms with van der Waals surface area (Å²) in [6.45, 7) is 3.18. The lowest BCUT2D eigenvalue weighted by atomic mass is 10.2. The van der Waals surface area contributed by atoms with Gasteiger partial charge in [-0.1, -0.05) is 41.9 Å². The van der Waals surface area contributed by atoms with Gasteiger partial charge in [0, 0.05) is 5.03 Å². The van der Waals surface area contributed by atoms with E-state index in [1.54, 1.807) is 0 Å². The van der Waals surface area contributed by atoms with E-state index in [9.17, 15) is 4.79 Å². The van der Waals surface area contributed by atoms with Crippen LogP contribution in [0.1, 0.15) is 12.5 Å². The number of hydrogen-bond donors (Lipinski definition) is 0. The van der Waals surface area contributed by atoms with Gasteiger partial charge in [-0.2, -0.15) is 0 Å². The van der Waals surface area contributed by atoms with Crippen molar-refractivity contribution in [3.8, 4) is 0 Å². The minimum atomic E-state index is -0.200. The molecule has 0 amide bonds. The van der Waals surface area contributed by atoms with Crippen LogP contribution in [-0.4, -0.2) is 37.6 Å². The molecule has 0 fully saturated rings. The van der Waals surface area contributed by atoms with Gasteiger partial charge in [-0.25, -0.2) is 4.79 Å². The molecule has 0 spiro atoms. The number of carbonyl (C=O) groups is 1. The molecule has 0 N–H and O–H groups in total. The summed E-state index contributed by atoms with van der Waals surface area (Å²) in [5, 5.41) is 0.740. The summed E-state index contributed by atoms with van der Waals surface area (Å²) < 4.78 is 5.79. The fourth-order valence-corrected chi connectivity index (χ4v) is 1.64. The molecule has 0 radical (unpaired) electrons. The number of nitrogens with zero attached hydrogens (tertiary/aromatic N) is 1. The largest absolute Gasteiger partial charge is 0.457 e. The molecule has 0 bridgehead atoms. The topological polar surface area (TPSA) is 26.3 Å². The maximum absolute atomic E-state index is 11.8. The van der Waals surface area contributed by atoms with Crippen molar-refractivity contribution in [2.24, 2.45) is 0 Å². The summed E-state index contributed by atoms with van der Waals surface area (Å²) in [5.41, 5.74) is 0.998. The van der Waals surface area contributed by atoms with Crippen LogP contribution in [0.15, 0.2) is 41.4 Å². The van der Waals surface area contributed by atoms with Crippen LogP contribution in [0.3, 0.4) is 0 Å². The van der Waals surface area contributed by atoms with Crippen LogP contribution in [0.25, 0.3) is 0 Å². The molecule has 0 saturated carbocycles. The van der Waals surface area contributed by atoms with Gasteiger partial charge in [-0.15, -0.1) is 0 Å². The normalized spacial score (nSPS) is 12.3. The summed E-state index contributed by atoms with van der Waals surface area (Å²) in [5.74, 6) is -0.200. The zero-order valence-electron chi connectivity index (χ0n) is 11.7. The SMILES string of the molecule is C/C(Cl)=C\C[N+](C)(C)CC(=O)OCc1ccccc1. The maximum atomic E-state index is 11.8. The Morgan fingerprint density at radius 2 is 1.95 bits per heavy atom. The van der Waals surface area contributed by atoms with E-state index in [-0.39, 0.29) is 5.97 Å². The number of esters is 1. The molecule has 1 rings (SSSR count). The Labute approximate surface area is 120 Å². The van der Waals surface area contributed by atoms with Gasteiger partial charge in [-0.3, -0.25) is 0 Å². The maximum Gasteiger partial charge on any atom is 0.362 e. The Morgan fingerprint density at radius 1 is 1.32 bits per heavy atom. The van der Waals surface area contributed by atoms with E-state index < -0.39 is 0 Å². The number of benzene rings is 1. The van der Waals surface area contributed by atoms with Crippen LogP contribution < -0.4 is 0 Å². The number of allylic oxidation sites excluding steroid dienone is 1. The van der Waals surface area contributed by atoms with Gasteiger partial charge < -0.3 is 9.22 Å². The molecule has 0 aromatic heterocycles. The average molecular weight is 283 g/mol. The summed E-state index contributed by atoms with van der Waals surface area (Å²) in [7, 11) is 3.94. The highest BCUT2D eigenvalue weighted by Gasteiger charge is 2.19. The fourth-order valence-electron chi connectivity index (χ4n) is 1.57. The lowest BCUT2D eigenvalue weighted by Crippen LogP contribution is -2.44. The lowest BCUT2D eigenvalue weighted by molar-refractivity contribution is -0.877. The van der Waals surface area contributed by atoms with Crippen molar-refractivity contribution in [1.29, 1.82) is 0 Å². The molecule has 104 valence electrons. The van der Waals surface area contributed by atoms with Gasteiger partial charge in [0.15, 0.2) is 6.54 Å². The second-order valence-electron chi connectivity index (χ2n) is 5.21. The fraction of sp³-hybridized carbons (Fsp3) is 0.400. The number of likely N-dealkylation sites (N-methyl/N-ethyl adjacent to an activating group) is 1. The third-order valence-corrected chi connectivity index (χ3v) is 2.82. The number of hydrogen-bond acceptors (Lipinski definition) is 2. The number of quaternary nitrogens is 1. The molecule has 0 unspecified atom stereocenters. The van der Waals surface area contributed by atoms with E-state index in [1.807, 2.05) is 57.4 Å². The predicted octanol–water partition coefficient (Wildman–Crippen LogP) is 2.95. The Bertz CT molecular complexity index is 437. The minimum absolute atomic E-state index is 0.200. The van der Waals surface area contributed by atoms with E-state index in [0.717, 1.165) is 10.6 Å². The van der Waals surface area contributed by atoms with Crippen LogP contribution in [-0.2, 0) is 16.1 Å². The highest BCUT2D eigenvalue weighted by atomic mass is 35.5. The molecule has 3 nitrogen and oxygen atoms in total. The third-order valence-electron chi connectivity index (χ3n) is 2.67. The molecular weight excluding hydrogens is 262 g/mol. The van der Waals surface area contributed by atoms with Gasteiger partial charge in [0.2, 0.25) is 0 Å². The molecule has 19 heavy (non-hydrogen) atoms. The molecule has 1 aromatic carbocycles. The van der Waals surface area contributed by atoms with Crippen LogP contribution >= 0.6 is 11.6 Å². The van der Waals surface area contributed by atoms with Crippen molar-refractivity contribution in [3.05, 3.63) is 47.0 Å². The standard InChI is InChI=1S/C15H21ClNO2/c1-13(16)9-10-17(2,3)11-15(18)19-12-14-7-5-4-6-8-14/h4-9H,10-12H2,1-3H3/q+1/b13-9+. The monoisotopic (exact) mass is 282 g/mol. The molecule has 0 aliphatic heterocycles. The first-order valence-corrected chi connectivity index (χ1v) is 6.61. The number of halogens is 1. The Hall–Kier alpha value is -1.32. The first kappa shape index (κ1) is 15.7. The summed E-state index contributed by atoms with van der Waals surface area (Å²) >= 11 is 5.80. The molecule has 0 heterocycles. The first-order chi connectivity index (χ1) is 8.89. The smallest absolute Gasteiger partial charge is 0.362 e. The number of rotatable bonds is 6. The van der Waals surface area contributed by atoms with Gasteiger partial charge in [0.25, 0.3) is 0 Å². The summed E-state index contributed by atoms with van der Waals surface area (Å²) in [6.07, 6.45) is 1.91. The summed E-state index contributed by atoms with van der Waals surface area (Å²) in [6, 6.07) is 9.67. The molecule has 0 atom stereocenters. The van der Waals surface area contributed by atoms with Crippen molar-refractivity contribution in [3.63, 3.8) is 0 Å². The molecule has 1 aromatic rings. The number of carbonyl (C=O) groups excluding carboxylic acids is 1. The van der Waals surface area contributed by atoms with Gasteiger partial charge in [0.05, 0.1) is 20.6 Å².